The second-order valence-electron chi connectivity index (χ2n) is 7.49. The maximum absolute atomic E-state index is 5.72. The van der Waals surface area contributed by atoms with Crippen molar-refractivity contribution in [3.8, 4) is 0 Å². The smallest absolute Gasteiger partial charge is 0.191 e. The predicted molar refractivity (Wildman–Crippen MR) is 124 cm³/mol. The molecule has 1 unspecified atom stereocenters. The number of piperidine rings is 1. The molecule has 0 bridgehead atoms. The van der Waals surface area contributed by atoms with Crippen LogP contribution in [0.15, 0.2) is 35.3 Å². The summed E-state index contributed by atoms with van der Waals surface area (Å²) in [4.78, 5) is 6.94. The van der Waals surface area contributed by atoms with Gasteiger partial charge in [0.05, 0.1) is 19.8 Å². The molecule has 3 rings (SSSR count). The molecule has 0 saturated carbocycles. The number of likely N-dealkylation sites (tertiary alicyclic amines) is 1. The zero-order chi connectivity index (χ0) is 18.7. The predicted octanol–water partition coefficient (Wildman–Crippen LogP) is 2.49. The van der Waals surface area contributed by atoms with Crippen LogP contribution in [-0.4, -0.2) is 69.9 Å². The van der Waals surface area contributed by atoms with Crippen molar-refractivity contribution in [3.05, 3.63) is 35.9 Å². The molecule has 2 fully saturated rings. The fourth-order valence-corrected chi connectivity index (χ4v) is 3.75. The quantitative estimate of drug-likeness (QED) is 0.248. The molecule has 1 atom stereocenters. The number of hydrogen-bond donors (Lipinski definition) is 2. The number of ether oxygens (including phenoxy) is 2. The van der Waals surface area contributed by atoms with E-state index in [4.69, 9.17) is 9.47 Å². The van der Waals surface area contributed by atoms with Gasteiger partial charge in [-0.3, -0.25) is 4.99 Å². The van der Waals surface area contributed by atoms with Crippen LogP contribution < -0.4 is 10.6 Å². The van der Waals surface area contributed by atoms with E-state index in [0.29, 0.717) is 19.3 Å². The van der Waals surface area contributed by atoms with E-state index in [1.807, 2.05) is 25.2 Å². The first kappa shape index (κ1) is 23.4. The van der Waals surface area contributed by atoms with Crippen molar-refractivity contribution in [2.24, 2.45) is 10.9 Å². The fourth-order valence-electron chi connectivity index (χ4n) is 3.75. The molecule has 2 aliphatic rings. The first-order chi connectivity index (χ1) is 13.3. The van der Waals surface area contributed by atoms with Gasteiger partial charge in [-0.15, -0.1) is 24.0 Å². The number of halogens is 1. The van der Waals surface area contributed by atoms with Crippen molar-refractivity contribution in [1.29, 1.82) is 0 Å². The first-order valence-corrected chi connectivity index (χ1v) is 10.2. The highest BCUT2D eigenvalue weighted by Gasteiger charge is 2.24. The summed E-state index contributed by atoms with van der Waals surface area (Å²) in [5.41, 5.74) is 1.20. The highest BCUT2D eigenvalue weighted by Crippen LogP contribution is 2.17. The van der Waals surface area contributed by atoms with E-state index in [-0.39, 0.29) is 24.0 Å². The third-order valence-corrected chi connectivity index (χ3v) is 5.34. The Morgan fingerprint density at radius 2 is 2.00 bits per heavy atom. The third kappa shape index (κ3) is 8.23. The Bertz CT molecular complexity index is 559. The Kier molecular flexibility index (Phi) is 11.1. The second kappa shape index (κ2) is 13.3. The highest BCUT2D eigenvalue weighted by atomic mass is 127. The van der Waals surface area contributed by atoms with Crippen molar-refractivity contribution in [1.82, 2.24) is 15.5 Å². The van der Waals surface area contributed by atoms with Crippen molar-refractivity contribution in [3.63, 3.8) is 0 Å². The van der Waals surface area contributed by atoms with E-state index in [0.717, 1.165) is 44.7 Å². The molecule has 1 aromatic carbocycles. The van der Waals surface area contributed by atoms with E-state index in [1.165, 1.54) is 31.4 Å². The van der Waals surface area contributed by atoms with Gasteiger partial charge in [-0.2, -0.15) is 0 Å². The van der Waals surface area contributed by atoms with Crippen LogP contribution in [-0.2, 0) is 16.1 Å². The Hall–Kier alpha value is -0.900. The minimum atomic E-state index is 0. The standard InChI is InChI=1S/C21H34N4O2.HI/c1-22-21(23-10-14-27-16-18-5-3-2-4-6-18)24-20-7-11-25(12-8-20)15-19-9-13-26-17-19;/h2-6,19-20H,7-17H2,1H3,(H2,22,23,24);1H. The number of guanidine groups is 1. The van der Waals surface area contributed by atoms with E-state index in [1.54, 1.807) is 0 Å². The molecule has 0 spiro atoms. The molecule has 158 valence electrons. The van der Waals surface area contributed by atoms with Gasteiger partial charge >= 0.3 is 0 Å². The zero-order valence-corrected chi connectivity index (χ0v) is 19.3. The number of aliphatic imine (C=N–C) groups is 1. The topological polar surface area (TPSA) is 58.1 Å². The van der Waals surface area contributed by atoms with Crippen molar-refractivity contribution < 1.29 is 9.47 Å². The summed E-state index contributed by atoms with van der Waals surface area (Å²) in [7, 11) is 1.83. The number of hydrogen-bond acceptors (Lipinski definition) is 4. The van der Waals surface area contributed by atoms with Crippen molar-refractivity contribution >= 4 is 29.9 Å². The Morgan fingerprint density at radius 3 is 2.68 bits per heavy atom. The third-order valence-electron chi connectivity index (χ3n) is 5.34. The SMILES string of the molecule is CN=C(NCCOCc1ccccc1)NC1CCN(CC2CCOC2)CC1.I. The first-order valence-electron chi connectivity index (χ1n) is 10.2. The van der Waals surface area contributed by atoms with Gasteiger partial charge in [0.15, 0.2) is 5.96 Å². The highest BCUT2D eigenvalue weighted by molar-refractivity contribution is 14.0. The summed E-state index contributed by atoms with van der Waals surface area (Å²) < 4.78 is 11.2. The fraction of sp³-hybridized carbons (Fsp3) is 0.667. The van der Waals surface area contributed by atoms with Gasteiger partial charge in [0.2, 0.25) is 0 Å². The van der Waals surface area contributed by atoms with Crippen LogP contribution in [0.2, 0.25) is 0 Å². The van der Waals surface area contributed by atoms with Crippen LogP contribution >= 0.6 is 24.0 Å². The van der Waals surface area contributed by atoms with Gasteiger partial charge in [-0.25, -0.2) is 0 Å². The van der Waals surface area contributed by atoms with E-state index in [9.17, 15) is 0 Å². The Balaban J connectivity index is 0.00000280. The van der Waals surface area contributed by atoms with Crippen molar-refractivity contribution in [2.75, 3.05) is 53.0 Å². The minimum absolute atomic E-state index is 0. The van der Waals surface area contributed by atoms with Gasteiger partial charge in [0, 0.05) is 45.9 Å². The second-order valence-corrected chi connectivity index (χ2v) is 7.49. The largest absolute Gasteiger partial charge is 0.381 e. The lowest BCUT2D eigenvalue weighted by Gasteiger charge is -2.34. The van der Waals surface area contributed by atoms with Crippen LogP contribution in [0.1, 0.15) is 24.8 Å². The average molecular weight is 502 g/mol. The van der Waals surface area contributed by atoms with Crippen LogP contribution in [0.4, 0.5) is 0 Å². The molecule has 0 aliphatic carbocycles. The maximum atomic E-state index is 5.72. The normalized spacial score (nSPS) is 21.3. The Morgan fingerprint density at radius 1 is 1.21 bits per heavy atom. The van der Waals surface area contributed by atoms with Crippen LogP contribution in [0.25, 0.3) is 0 Å². The molecule has 2 heterocycles. The molecule has 2 aliphatic heterocycles. The minimum Gasteiger partial charge on any atom is -0.381 e. The lowest BCUT2D eigenvalue weighted by atomic mass is 10.0. The van der Waals surface area contributed by atoms with Crippen molar-refractivity contribution in [2.45, 2.75) is 31.9 Å². The van der Waals surface area contributed by atoms with Crippen LogP contribution in [0, 0.1) is 5.92 Å². The van der Waals surface area contributed by atoms with Gasteiger partial charge in [-0.1, -0.05) is 30.3 Å². The number of nitrogens with zero attached hydrogens (tertiary/aromatic N) is 2. The van der Waals surface area contributed by atoms with E-state index in [2.05, 4.69) is 32.7 Å². The summed E-state index contributed by atoms with van der Waals surface area (Å²) in [5, 5.41) is 6.92. The lowest BCUT2D eigenvalue weighted by Crippen LogP contribution is -2.49. The molecule has 0 aromatic heterocycles. The monoisotopic (exact) mass is 502 g/mol. The molecular formula is C21H35IN4O2. The summed E-state index contributed by atoms with van der Waals surface area (Å²) in [6.45, 7) is 7.47. The molecule has 0 amide bonds. The summed E-state index contributed by atoms with van der Waals surface area (Å²) in [5.74, 6) is 1.61. The van der Waals surface area contributed by atoms with Gasteiger partial charge < -0.3 is 25.0 Å². The van der Waals surface area contributed by atoms with Crippen LogP contribution in [0.3, 0.4) is 0 Å². The van der Waals surface area contributed by atoms with E-state index >= 15 is 0 Å². The summed E-state index contributed by atoms with van der Waals surface area (Å²) in [6.07, 6.45) is 3.55. The summed E-state index contributed by atoms with van der Waals surface area (Å²) in [6, 6.07) is 10.8. The molecule has 1 aromatic rings. The zero-order valence-electron chi connectivity index (χ0n) is 16.9. The molecule has 6 nitrogen and oxygen atoms in total. The van der Waals surface area contributed by atoms with Gasteiger partial charge in [-0.05, 0) is 30.7 Å². The molecule has 7 heteroatoms. The van der Waals surface area contributed by atoms with Crippen LogP contribution in [0.5, 0.6) is 0 Å². The Labute approximate surface area is 186 Å². The average Bonchev–Trinajstić information content (AvgIpc) is 3.22. The molecular weight excluding hydrogens is 467 g/mol. The molecule has 28 heavy (non-hydrogen) atoms. The number of rotatable bonds is 8. The maximum Gasteiger partial charge on any atom is 0.191 e. The molecule has 0 radical (unpaired) electrons. The van der Waals surface area contributed by atoms with Gasteiger partial charge in [0.1, 0.15) is 0 Å². The lowest BCUT2D eigenvalue weighted by molar-refractivity contribution is 0.125. The summed E-state index contributed by atoms with van der Waals surface area (Å²) >= 11 is 0. The number of nitrogens with one attached hydrogen (secondary N) is 2. The van der Waals surface area contributed by atoms with E-state index < -0.39 is 0 Å². The number of benzene rings is 1. The molecule has 2 N–H and O–H groups in total. The molecule has 2 saturated heterocycles. The van der Waals surface area contributed by atoms with Gasteiger partial charge in [0.25, 0.3) is 0 Å².